The lowest BCUT2D eigenvalue weighted by Gasteiger charge is -2.23. The number of hydrogen-bond acceptors (Lipinski definition) is 3. The number of carbonyl (C=O) groups excluding carboxylic acids is 1. The van der Waals surface area contributed by atoms with Gasteiger partial charge in [-0.15, -0.1) is 0 Å². The average molecular weight is 279 g/mol. The van der Waals surface area contributed by atoms with Crippen molar-refractivity contribution in [2.24, 2.45) is 17.8 Å². The van der Waals surface area contributed by atoms with Crippen molar-refractivity contribution in [1.29, 1.82) is 0 Å². The first kappa shape index (κ1) is 14.6. The van der Waals surface area contributed by atoms with Crippen molar-refractivity contribution in [3.05, 3.63) is 24.2 Å². The van der Waals surface area contributed by atoms with Crippen LogP contribution in [0.1, 0.15) is 31.7 Å². The number of nitrogens with zero attached hydrogens (tertiary/aromatic N) is 1. The Morgan fingerprint density at radius 3 is 2.65 bits per heavy atom. The fraction of sp³-hybridized carbons (Fsp3) is 0.600. The van der Waals surface area contributed by atoms with Crippen LogP contribution in [0, 0.1) is 17.8 Å². The fourth-order valence-corrected chi connectivity index (χ4v) is 3.04. The molecule has 1 saturated carbocycles. The molecule has 0 saturated heterocycles. The highest BCUT2D eigenvalue weighted by Crippen LogP contribution is 2.39. The first-order chi connectivity index (χ1) is 9.52. The Bertz CT molecular complexity index is 468. The molecule has 20 heavy (non-hydrogen) atoms. The zero-order valence-corrected chi connectivity index (χ0v) is 11.9. The van der Waals surface area contributed by atoms with Gasteiger partial charge in [-0.3, -0.25) is 9.59 Å². The van der Waals surface area contributed by atoms with Crippen molar-refractivity contribution in [2.45, 2.75) is 32.7 Å². The lowest BCUT2D eigenvalue weighted by Crippen LogP contribution is -2.36. The maximum Gasteiger partial charge on any atom is 0.307 e. The van der Waals surface area contributed by atoms with E-state index < -0.39 is 17.8 Å². The van der Waals surface area contributed by atoms with Gasteiger partial charge in [0.1, 0.15) is 0 Å². The van der Waals surface area contributed by atoms with Gasteiger partial charge in [-0.25, -0.2) is 0 Å². The van der Waals surface area contributed by atoms with Crippen LogP contribution in [0.3, 0.4) is 0 Å². The highest BCUT2D eigenvalue weighted by molar-refractivity contribution is 5.85. The van der Waals surface area contributed by atoms with E-state index in [1.54, 1.807) is 24.5 Å². The SMILES string of the molecule is CCC1CC(C(=O)O)C(C(=O)N(C)Cc2ccoc2)C1. The molecule has 1 aliphatic rings. The second-order valence-corrected chi connectivity index (χ2v) is 5.62. The third-order valence-electron chi connectivity index (χ3n) is 4.25. The Balaban J connectivity index is 2.04. The molecule has 0 bridgehead atoms. The van der Waals surface area contributed by atoms with Crippen molar-refractivity contribution in [3.8, 4) is 0 Å². The molecule has 5 nitrogen and oxygen atoms in total. The van der Waals surface area contributed by atoms with E-state index >= 15 is 0 Å². The molecule has 0 aliphatic heterocycles. The quantitative estimate of drug-likeness (QED) is 0.898. The number of aliphatic carboxylic acids is 1. The minimum absolute atomic E-state index is 0.0745. The average Bonchev–Trinajstić information content (AvgIpc) is 3.06. The molecule has 1 amide bonds. The Hall–Kier alpha value is -1.78. The minimum atomic E-state index is -0.851. The normalized spacial score (nSPS) is 25.6. The summed E-state index contributed by atoms with van der Waals surface area (Å²) in [6, 6.07) is 1.81. The summed E-state index contributed by atoms with van der Waals surface area (Å²) in [5, 5.41) is 9.30. The van der Waals surface area contributed by atoms with Crippen LogP contribution >= 0.6 is 0 Å². The molecule has 0 aromatic carbocycles. The Kier molecular flexibility index (Phi) is 4.47. The summed E-state index contributed by atoms with van der Waals surface area (Å²) in [6.45, 7) is 2.50. The molecule has 3 unspecified atom stereocenters. The summed E-state index contributed by atoms with van der Waals surface area (Å²) in [4.78, 5) is 25.4. The van der Waals surface area contributed by atoms with Gasteiger partial charge in [0.15, 0.2) is 0 Å². The lowest BCUT2D eigenvalue weighted by atomic mass is 9.95. The number of carboxylic acid groups (broad SMARTS) is 1. The van der Waals surface area contributed by atoms with Gasteiger partial charge >= 0.3 is 5.97 Å². The zero-order valence-electron chi connectivity index (χ0n) is 11.9. The third kappa shape index (κ3) is 3.03. The van der Waals surface area contributed by atoms with Gasteiger partial charge in [0.05, 0.1) is 24.4 Å². The molecule has 1 aromatic rings. The van der Waals surface area contributed by atoms with E-state index in [-0.39, 0.29) is 5.91 Å². The summed E-state index contributed by atoms with van der Waals surface area (Å²) in [7, 11) is 1.72. The van der Waals surface area contributed by atoms with Crippen molar-refractivity contribution < 1.29 is 19.1 Å². The van der Waals surface area contributed by atoms with Crippen LogP contribution in [0.5, 0.6) is 0 Å². The van der Waals surface area contributed by atoms with E-state index in [4.69, 9.17) is 4.42 Å². The number of furan rings is 1. The molecule has 3 atom stereocenters. The van der Waals surface area contributed by atoms with Crippen molar-refractivity contribution in [2.75, 3.05) is 7.05 Å². The maximum atomic E-state index is 12.5. The molecule has 110 valence electrons. The largest absolute Gasteiger partial charge is 0.481 e. The van der Waals surface area contributed by atoms with Crippen LogP contribution in [0.25, 0.3) is 0 Å². The monoisotopic (exact) mass is 279 g/mol. The summed E-state index contributed by atoms with van der Waals surface area (Å²) in [5.41, 5.74) is 0.915. The zero-order chi connectivity index (χ0) is 14.7. The molecule has 1 aliphatic carbocycles. The molecular formula is C15H21NO4. The predicted octanol–water partition coefficient (Wildman–Crippen LogP) is 2.38. The summed E-state index contributed by atoms with van der Waals surface area (Å²) in [6.07, 6.45) is 5.39. The Labute approximate surface area is 118 Å². The molecular weight excluding hydrogens is 258 g/mol. The standard InChI is InChI=1S/C15H21NO4/c1-3-10-6-12(13(7-10)15(18)19)14(17)16(2)8-11-4-5-20-9-11/h4-5,9-10,12-13H,3,6-8H2,1-2H3,(H,18,19). The van der Waals surface area contributed by atoms with Crippen molar-refractivity contribution in [1.82, 2.24) is 4.90 Å². The molecule has 5 heteroatoms. The summed E-state index contributed by atoms with van der Waals surface area (Å²) in [5.74, 6) is -1.52. The first-order valence-corrected chi connectivity index (χ1v) is 7.01. The van der Waals surface area contributed by atoms with Crippen LogP contribution in [-0.2, 0) is 16.1 Å². The van der Waals surface area contributed by atoms with Crippen LogP contribution in [0.15, 0.2) is 23.0 Å². The van der Waals surface area contributed by atoms with Gasteiger partial charge in [-0.1, -0.05) is 13.3 Å². The highest BCUT2D eigenvalue weighted by atomic mass is 16.4. The van der Waals surface area contributed by atoms with Crippen molar-refractivity contribution >= 4 is 11.9 Å². The predicted molar refractivity (Wildman–Crippen MR) is 72.8 cm³/mol. The van der Waals surface area contributed by atoms with Gasteiger partial charge in [0.2, 0.25) is 5.91 Å². The number of carbonyl (C=O) groups is 2. The van der Waals surface area contributed by atoms with Gasteiger partial charge in [-0.05, 0) is 24.8 Å². The molecule has 0 spiro atoms. The molecule has 1 fully saturated rings. The Morgan fingerprint density at radius 1 is 1.40 bits per heavy atom. The van der Waals surface area contributed by atoms with E-state index in [1.807, 2.05) is 13.0 Å². The second-order valence-electron chi connectivity index (χ2n) is 5.62. The second kappa shape index (κ2) is 6.11. The van der Waals surface area contributed by atoms with E-state index in [9.17, 15) is 14.7 Å². The highest BCUT2D eigenvalue weighted by Gasteiger charge is 2.43. The minimum Gasteiger partial charge on any atom is -0.481 e. The van der Waals surface area contributed by atoms with Crippen LogP contribution in [0.4, 0.5) is 0 Å². The molecule has 0 radical (unpaired) electrons. The number of hydrogen-bond donors (Lipinski definition) is 1. The number of amides is 1. The summed E-state index contributed by atoms with van der Waals surface area (Å²) < 4.78 is 4.98. The lowest BCUT2D eigenvalue weighted by molar-refractivity contribution is -0.148. The molecule has 2 rings (SSSR count). The summed E-state index contributed by atoms with van der Waals surface area (Å²) >= 11 is 0. The van der Waals surface area contributed by atoms with Gasteiger partial charge in [0.25, 0.3) is 0 Å². The first-order valence-electron chi connectivity index (χ1n) is 7.01. The van der Waals surface area contributed by atoms with E-state index in [0.29, 0.717) is 25.3 Å². The van der Waals surface area contributed by atoms with Gasteiger partial charge < -0.3 is 14.4 Å². The van der Waals surface area contributed by atoms with E-state index in [2.05, 4.69) is 0 Å². The third-order valence-corrected chi connectivity index (χ3v) is 4.25. The van der Waals surface area contributed by atoms with E-state index in [0.717, 1.165) is 12.0 Å². The van der Waals surface area contributed by atoms with Crippen LogP contribution in [-0.4, -0.2) is 28.9 Å². The van der Waals surface area contributed by atoms with Crippen molar-refractivity contribution in [3.63, 3.8) is 0 Å². The van der Waals surface area contributed by atoms with Crippen LogP contribution < -0.4 is 0 Å². The maximum absolute atomic E-state index is 12.5. The fourth-order valence-electron chi connectivity index (χ4n) is 3.04. The Morgan fingerprint density at radius 2 is 2.10 bits per heavy atom. The molecule has 1 aromatic heterocycles. The molecule has 1 N–H and O–H groups in total. The van der Waals surface area contributed by atoms with Gasteiger partial charge in [-0.2, -0.15) is 0 Å². The van der Waals surface area contributed by atoms with Gasteiger partial charge in [0, 0.05) is 19.2 Å². The number of carboxylic acids is 1. The topological polar surface area (TPSA) is 70.8 Å². The number of rotatable bonds is 5. The smallest absolute Gasteiger partial charge is 0.307 e. The molecule has 1 heterocycles. The van der Waals surface area contributed by atoms with E-state index in [1.165, 1.54) is 0 Å². The van der Waals surface area contributed by atoms with Crippen LogP contribution in [0.2, 0.25) is 0 Å².